The third-order valence-corrected chi connectivity index (χ3v) is 5.82. The zero-order chi connectivity index (χ0) is 21.1. The van der Waals surface area contributed by atoms with Crippen molar-refractivity contribution >= 4 is 17.6 Å². The van der Waals surface area contributed by atoms with Crippen molar-refractivity contribution in [3.8, 4) is 16.9 Å². The minimum Gasteiger partial charge on any atom is -0.493 e. The summed E-state index contributed by atoms with van der Waals surface area (Å²) in [5.41, 5.74) is 4.00. The average molecular weight is 426 g/mol. The molecule has 0 bridgehead atoms. The number of methoxy groups -OCH3 is 1. The van der Waals surface area contributed by atoms with E-state index >= 15 is 0 Å². The Bertz CT molecular complexity index is 1090. The number of ether oxygens (including phenoxy) is 2. The predicted molar refractivity (Wildman–Crippen MR) is 114 cm³/mol. The molecule has 0 spiro atoms. The molecule has 1 aliphatic heterocycles. The largest absolute Gasteiger partial charge is 0.493 e. The fourth-order valence-electron chi connectivity index (χ4n) is 3.91. The molecule has 0 unspecified atom stereocenters. The van der Waals surface area contributed by atoms with Gasteiger partial charge in [0.25, 0.3) is 0 Å². The Morgan fingerprint density at radius 1 is 1.27 bits per heavy atom. The lowest BCUT2D eigenvalue weighted by molar-refractivity contribution is 0.0599. The van der Waals surface area contributed by atoms with Crippen LogP contribution in [0.4, 0.5) is 4.39 Å². The Labute approximate surface area is 179 Å². The molecule has 2 heterocycles. The number of benzene rings is 2. The molecule has 0 saturated heterocycles. The quantitative estimate of drug-likeness (QED) is 0.483. The van der Waals surface area contributed by atoms with E-state index in [1.165, 1.54) is 19.2 Å². The first-order chi connectivity index (χ1) is 14.6. The molecule has 30 heavy (non-hydrogen) atoms. The van der Waals surface area contributed by atoms with Crippen LogP contribution < -0.4 is 4.74 Å². The van der Waals surface area contributed by atoms with Crippen molar-refractivity contribution in [1.29, 1.82) is 0 Å². The maximum Gasteiger partial charge on any atom is 0.338 e. The molecule has 0 fully saturated rings. The lowest BCUT2D eigenvalue weighted by Crippen LogP contribution is -2.15. The van der Waals surface area contributed by atoms with Gasteiger partial charge in [-0.15, -0.1) is 0 Å². The van der Waals surface area contributed by atoms with E-state index in [9.17, 15) is 9.18 Å². The number of aromatic nitrogens is 1. The van der Waals surface area contributed by atoms with Gasteiger partial charge in [-0.2, -0.15) is 0 Å². The number of rotatable bonds is 5. The van der Waals surface area contributed by atoms with E-state index in [0.29, 0.717) is 29.2 Å². The van der Waals surface area contributed by atoms with Crippen molar-refractivity contribution in [2.45, 2.75) is 25.2 Å². The van der Waals surface area contributed by atoms with Gasteiger partial charge in [-0.1, -0.05) is 23.7 Å². The molecule has 0 radical (unpaired) electrons. The topological polar surface area (TPSA) is 48.4 Å². The molecule has 0 amide bonds. The molecule has 1 aromatic heterocycles. The van der Waals surface area contributed by atoms with Crippen LogP contribution in [-0.2, 0) is 11.2 Å². The van der Waals surface area contributed by atoms with Gasteiger partial charge in [0.15, 0.2) is 0 Å². The number of aryl methyl sites for hydroxylation is 1. The molecule has 1 atom stereocenters. The van der Waals surface area contributed by atoms with Gasteiger partial charge < -0.3 is 9.47 Å². The van der Waals surface area contributed by atoms with Crippen LogP contribution >= 0.6 is 11.6 Å². The first-order valence-electron chi connectivity index (χ1n) is 9.80. The lowest BCUT2D eigenvalue weighted by Gasteiger charge is -2.27. The Balaban J connectivity index is 1.57. The maximum absolute atomic E-state index is 13.7. The molecule has 6 heteroatoms. The van der Waals surface area contributed by atoms with Crippen LogP contribution in [0, 0.1) is 5.82 Å². The Kier molecular flexibility index (Phi) is 6.00. The number of carbonyl (C=O) groups is 1. The predicted octanol–water partition coefficient (Wildman–Crippen LogP) is 5.83. The molecule has 2 aromatic carbocycles. The zero-order valence-electron chi connectivity index (χ0n) is 16.5. The summed E-state index contributed by atoms with van der Waals surface area (Å²) in [5.74, 6) is 0.403. The van der Waals surface area contributed by atoms with Crippen molar-refractivity contribution in [2.24, 2.45) is 0 Å². The van der Waals surface area contributed by atoms with Crippen LogP contribution in [0.3, 0.4) is 0 Å². The van der Waals surface area contributed by atoms with Gasteiger partial charge in [-0.25, -0.2) is 9.18 Å². The molecule has 3 aromatic rings. The fraction of sp³-hybridized carbons (Fsp3) is 0.250. The first kappa shape index (κ1) is 20.4. The summed E-state index contributed by atoms with van der Waals surface area (Å²) in [6.45, 7) is 0.606. The minimum absolute atomic E-state index is 0.288. The molecular formula is C24H21ClFNO3. The second kappa shape index (κ2) is 8.84. The minimum atomic E-state index is -0.351. The van der Waals surface area contributed by atoms with Crippen molar-refractivity contribution in [3.05, 3.63) is 82.4 Å². The zero-order valence-corrected chi connectivity index (χ0v) is 17.3. The van der Waals surface area contributed by atoms with Gasteiger partial charge in [-0.3, -0.25) is 4.98 Å². The highest BCUT2D eigenvalue weighted by Crippen LogP contribution is 2.40. The molecule has 0 aliphatic carbocycles. The first-order valence-corrected chi connectivity index (χ1v) is 10.2. The van der Waals surface area contributed by atoms with E-state index in [1.54, 1.807) is 24.5 Å². The van der Waals surface area contributed by atoms with Gasteiger partial charge in [-0.05, 0) is 72.2 Å². The number of nitrogens with zero attached hydrogens (tertiary/aromatic N) is 1. The number of hydrogen-bond acceptors (Lipinski definition) is 4. The molecule has 0 saturated carbocycles. The number of fused-ring (bicyclic) bond motifs is 1. The second-order valence-corrected chi connectivity index (χ2v) is 7.68. The standard InChI is InChI=1S/C24H21ClFNO3/c1-29-24(28)20-8-10-27-14-17(20)3-2-15-9-11-30-23-12-16(4-6-19(15)23)21-13-18(26)5-7-22(21)25/h4-8,10,12-15H,2-3,9,11H2,1H3/t15-/m1/s1. The summed E-state index contributed by atoms with van der Waals surface area (Å²) >= 11 is 6.26. The summed E-state index contributed by atoms with van der Waals surface area (Å²) < 4.78 is 24.5. The highest BCUT2D eigenvalue weighted by molar-refractivity contribution is 6.33. The summed E-state index contributed by atoms with van der Waals surface area (Å²) in [4.78, 5) is 16.2. The molecule has 0 N–H and O–H groups in total. The van der Waals surface area contributed by atoms with Gasteiger partial charge >= 0.3 is 5.97 Å². The van der Waals surface area contributed by atoms with E-state index in [1.807, 2.05) is 18.2 Å². The van der Waals surface area contributed by atoms with Crippen LogP contribution in [0.2, 0.25) is 5.02 Å². The Morgan fingerprint density at radius 2 is 2.13 bits per heavy atom. The normalized spacial score (nSPS) is 15.2. The summed E-state index contributed by atoms with van der Waals surface area (Å²) in [6.07, 6.45) is 5.77. The fourth-order valence-corrected chi connectivity index (χ4v) is 4.14. The number of halogens is 2. The number of esters is 1. The summed E-state index contributed by atoms with van der Waals surface area (Å²) in [5, 5.41) is 0.496. The third kappa shape index (κ3) is 4.17. The van der Waals surface area contributed by atoms with Crippen LogP contribution in [-0.4, -0.2) is 24.7 Å². The van der Waals surface area contributed by atoms with Gasteiger partial charge in [0.2, 0.25) is 0 Å². The van der Waals surface area contributed by atoms with E-state index in [2.05, 4.69) is 4.98 Å². The smallest absolute Gasteiger partial charge is 0.338 e. The lowest BCUT2D eigenvalue weighted by atomic mass is 9.86. The highest BCUT2D eigenvalue weighted by Gasteiger charge is 2.23. The van der Waals surface area contributed by atoms with Crippen molar-refractivity contribution < 1.29 is 18.7 Å². The highest BCUT2D eigenvalue weighted by atomic mass is 35.5. The molecule has 154 valence electrons. The van der Waals surface area contributed by atoms with Gasteiger partial charge in [0.05, 0.1) is 19.3 Å². The van der Waals surface area contributed by atoms with E-state index in [0.717, 1.165) is 35.3 Å². The monoisotopic (exact) mass is 425 g/mol. The molecule has 1 aliphatic rings. The molecule has 4 rings (SSSR count). The van der Waals surface area contributed by atoms with Crippen molar-refractivity contribution in [2.75, 3.05) is 13.7 Å². The Morgan fingerprint density at radius 3 is 2.97 bits per heavy atom. The van der Waals surface area contributed by atoms with Gasteiger partial charge in [0, 0.05) is 23.0 Å². The van der Waals surface area contributed by atoms with E-state index < -0.39 is 0 Å². The average Bonchev–Trinajstić information content (AvgIpc) is 2.78. The van der Waals surface area contributed by atoms with Crippen LogP contribution in [0.5, 0.6) is 5.75 Å². The Hall–Kier alpha value is -2.92. The van der Waals surface area contributed by atoms with Gasteiger partial charge in [0.1, 0.15) is 11.6 Å². The van der Waals surface area contributed by atoms with Crippen LogP contribution in [0.15, 0.2) is 54.9 Å². The van der Waals surface area contributed by atoms with Crippen LogP contribution in [0.1, 0.15) is 40.2 Å². The van der Waals surface area contributed by atoms with Crippen LogP contribution in [0.25, 0.3) is 11.1 Å². The molecule has 4 nitrogen and oxygen atoms in total. The second-order valence-electron chi connectivity index (χ2n) is 7.27. The molecular weight excluding hydrogens is 405 g/mol. The number of hydrogen-bond donors (Lipinski definition) is 0. The van der Waals surface area contributed by atoms with Crippen molar-refractivity contribution in [1.82, 2.24) is 4.98 Å². The maximum atomic E-state index is 13.7. The number of pyridine rings is 1. The third-order valence-electron chi connectivity index (χ3n) is 5.49. The van der Waals surface area contributed by atoms with Crippen molar-refractivity contribution in [3.63, 3.8) is 0 Å². The summed E-state index contributed by atoms with van der Waals surface area (Å²) in [7, 11) is 1.38. The van der Waals surface area contributed by atoms with E-state index in [4.69, 9.17) is 21.1 Å². The van der Waals surface area contributed by atoms with E-state index in [-0.39, 0.29) is 17.7 Å². The SMILES string of the molecule is COC(=O)c1ccncc1CC[C@@H]1CCOc2cc(-c3cc(F)ccc3Cl)ccc21. The summed E-state index contributed by atoms with van der Waals surface area (Å²) in [6, 6.07) is 11.9. The number of carbonyl (C=O) groups excluding carboxylic acids is 1.